The van der Waals surface area contributed by atoms with Crippen LogP contribution in [0.4, 0.5) is 0 Å². The smallest absolute Gasteiger partial charge is 0.320 e. The van der Waals surface area contributed by atoms with Crippen LogP contribution in [0.1, 0.15) is 53.0 Å². The van der Waals surface area contributed by atoms with E-state index in [1.54, 1.807) is 12.1 Å². The number of imide groups is 1. The number of carbonyl (C=O) groups excluding carboxylic acids is 3. The number of fused-ring (bicyclic) bond motifs is 2. The molecule has 3 amide bonds. The second-order valence-electron chi connectivity index (χ2n) is 10.1. The molecule has 1 heterocycles. The number of aliphatic carboxylic acids is 1. The predicted octanol–water partition coefficient (Wildman–Crippen LogP) is 3.64. The van der Waals surface area contributed by atoms with Gasteiger partial charge in [-0.1, -0.05) is 68.4 Å². The Morgan fingerprint density at radius 3 is 2.00 bits per heavy atom. The van der Waals surface area contributed by atoms with Gasteiger partial charge < -0.3 is 10.4 Å². The lowest BCUT2D eigenvalue weighted by atomic mass is 10.0. The Labute approximate surface area is 222 Å². The van der Waals surface area contributed by atoms with Gasteiger partial charge in [0.15, 0.2) is 0 Å². The molecule has 4 rings (SSSR count). The Balaban J connectivity index is 1.40. The van der Waals surface area contributed by atoms with Gasteiger partial charge in [0, 0.05) is 13.1 Å². The van der Waals surface area contributed by atoms with E-state index in [1.807, 2.05) is 68.4 Å². The molecule has 3 N–H and O–H groups in total. The van der Waals surface area contributed by atoms with Crippen LogP contribution in [-0.2, 0) is 16.0 Å². The number of carboxylic acids is 1. The van der Waals surface area contributed by atoms with Gasteiger partial charge in [-0.2, -0.15) is 0 Å². The highest BCUT2D eigenvalue weighted by atomic mass is 16.4. The molecule has 0 radical (unpaired) electrons. The third kappa shape index (κ3) is 6.26. The zero-order chi connectivity index (χ0) is 27.2. The molecule has 0 aromatic heterocycles. The Bertz CT molecular complexity index is 1280. The Hall–Kier alpha value is -4.04. The molecule has 2 atom stereocenters. The van der Waals surface area contributed by atoms with Crippen LogP contribution in [-0.4, -0.2) is 58.9 Å². The Morgan fingerprint density at radius 1 is 0.868 bits per heavy atom. The summed E-state index contributed by atoms with van der Waals surface area (Å²) in [6.45, 7) is 4.28. The van der Waals surface area contributed by atoms with Gasteiger partial charge >= 0.3 is 5.97 Å². The maximum atomic E-state index is 13.0. The summed E-state index contributed by atoms with van der Waals surface area (Å²) in [4.78, 5) is 52.2. The lowest BCUT2D eigenvalue weighted by Crippen LogP contribution is -2.52. The van der Waals surface area contributed by atoms with E-state index >= 15 is 0 Å². The molecule has 3 aromatic carbocycles. The molecule has 0 fully saturated rings. The number of benzene rings is 3. The van der Waals surface area contributed by atoms with Crippen LogP contribution < -0.4 is 10.6 Å². The summed E-state index contributed by atoms with van der Waals surface area (Å²) in [5.74, 6) is -2.13. The van der Waals surface area contributed by atoms with Crippen LogP contribution in [0.5, 0.6) is 0 Å². The zero-order valence-corrected chi connectivity index (χ0v) is 21.6. The lowest BCUT2D eigenvalue weighted by Gasteiger charge is -2.25. The molecule has 0 saturated heterocycles. The summed E-state index contributed by atoms with van der Waals surface area (Å²) in [6.07, 6.45) is 1.09. The molecule has 0 saturated carbocycles. The second-order valence-corrected chi connectivity index (χ2v) is 10.1. The summed E-state index contributed by atoms with van der Waals surface area (Å²) < 4.78 is 0. The number of carboxylic acid groups (broad SMARTS) is 1. The monoisotopic (exact) mass is 515 g/mol. The standard InChI is InChI=1S/C30H33N3O5/c1-19(2)16-26(27(34)31-14-12-20-8-4-3-5-9-20)32-25(30(37)38)13-15-33-28(35)23-17-21-10-6-7-11-22(21)18-24(23)29(33)36/h3-11,17-19,25-26,32H,12-16H2,1-2H3,(H,31,34)(H,37,38). The van der Waals surface area contributed by atoms with E-state index < -0.39 is 29.9 Å². The molecule has 0 spiro atoms. The average molecular weight is 516 g/mol. The van der Waals surface area contributed by atoms with E-state index in [4.69, 9.17) is 0 Å². The van der Waals surface area contributed by atoms with E-state index in [0.717, 1.165) is 21.2 Å². The average Bonchev–Trinajstić information content (AvgIpc) is 3.13. The van der Waals surface area contributed by atoms with Crippen molar-refractivity contribution in [1.82, 2.24) is 15.5 Å². The first-order valence-electron chi connectivity index (χ1n) is 12.9. The summed E-state index contributed by atoms with van der Waals surface area (Å²) in [6, 6.07) is 18.8. The summed E-state index contributed by atoms with van der Waals surface area (Å²) in [5, 5.41) is 17.5. The zero-order valence-electron chi connectivity index (χ0n) is 21.6. The second kappa shape index (κ2) is 12.0. The van der Waals surface area contributed by atoms with Crippen LogP contribution in [0, 0.1) is 5.92 Å². The van der Waals surface area contributed by atoms with Gasteiger partial charge in [0.25, 0.3) is 11.8 Å². The largest absolute Gasteiger partial charge is 0.480 e. The van der Waals surface area contributed by atoms with Crippen molar-refractivity contribution >= 4 is 34.5 Å². The normalized spacial score (nSPS) is 14.6. The molecule has 38 heavy (non-hydrogen) atoms. The SMILES string of the molecule is CC(C)CC(NC(CCN1C(=O)c2cc3ccccc3cc2C1=O)C(=O)O)C(=O)NCCc1ccccc1. The summed E-state index contributed by atoms with van der Waals surface area (Å²) in [7, 11) is 0. The Morgan fingerprint density at radius 2 is 1.45 bits per heavy atom. The van der Waals surface area contributed by atoms with Gasteiger partial charge in [-0.3, -0.25) is 29.4 Å². The molecule has 8 heteroatoms. The number of rotatable bonds is 12. The topological polar surface area (TPSA) is 116 Å². The number of nitrogens with zero attached hydrogens (tertiary/aromatic N) is 1. The van der Waals surface area contributed by atoms with Gasteiger partial charge in [0.05, 0.1) is 17.2 Å². The molecular formula is C30H33N3O5. The summed E-state index contributed by atoms with van der Waals surface area (Å²) in [5.41, 5.74) is 1.74. The number of carbonyl (C=O) groups is 4. The number of nitrogens with one attached hydrogen (secondary N) is 2. The summed E-state index contributed by atoms with van der Waals surface area (Å²) >= 11 is 0. The first-order valence-corrected chi connectivity index (χ1v) is 12.9. The van der Waals surface area contributed by atoms with Crippen molar-refractivity contribution in [2.45, 2.75) is 45.2 Å². The maximum absolute atomic E-state index is 13.0. The molecule has 3 aromatic rings. The van der Waals surface area contributed by atoms with Crippen molar-refractivity contribution in [3.63, 3.8) is 0 Å². The number of hydrogen-bond donors (Lipinski definition) is 3. The molecule has 2 unspecified atom stereocenters. The minimum atomic E-state index is -1.14. The molecule has 198 valence electrons. The fourth-order valence-corrected chi connectivity index (χ4v) is 4.78. The number of hydrogen-bond acceptors (Lipinski definition) is 5. The van der Waals surface area contributed by atoms with Gasteiger partial charge in [-0.05, 0) is 53.6 Å². The highest BCUT2D eigenvalue weighted by molar-refractivity contribution is 6.23. The van der Waals surface area contributed by atoms with Crippen LogP contribution in [0.25, 0.3) is 10.8 Å². The van der Waals surface area contributed by atoms with Crippen LogP contribution in [0.15, 0.2) is 66.7 Å². The highest BCUT2D eigenvalue weighted by Gasteiger charge is 2.37. The first-order chi connectivity index (χ1) is 18.2. The highest BCUT2D eigenvalue weighted by Crippen LogP contribution is 2.28. The molecular weight excluding hydrogens is 482 g/mol. The molecule has 8 nitrogen and oxygen atoms in total. The van der Waals surface area contributed by atoms with E-state index in [9.17, 15) is 24.3 Å². The lowest BCUT2D eigenvalue weighted by molar-refractivity contribution is -0.140. The van der Waals surface area contributed by atoms with Crippen molar-refractivity contribution < 1.29 is 24.3 Å². The van der Waals surface area contributed by atoms with Gasteiger partial charge in [-0.15, -0.1) is 0 Å². The van der Waals surface area contributed by atoms with Crippen LogP contribution >= 0.6 is 0 Å². The van der Waals surface area contributed by atoms with Crippen molar-refractivity contribution in [2.24, 2.45) is 5.92 Å². The van der Waals surface area contributed by atoms with Gasteiger partial charge in [-0.25, -0.2) is 0 Å². The van der Waals surface area contributed by atoms with E-state index in [1.165, 1.54) is 0 Å². The van der Waals surface area contributed by atoms with Crippen molar-refractivity contribution in [1.29, 1.82) is 0 Å². The third-order valence-electron chi connectivity index (χ3n) is 6.76. The molecule has 0 bridgehead atoms. The van der Waals surface area contributed by atoms with Crippen LogP contribution in [0.2, 0.25) is 0 Å². The molecule has 1 aliphatic rings. The third-order valence-corrected chi connectivity index (χ3v) is 6.76. The molecule has 0 aliphatic carbocycles. The number of amides is 3. The van der Waals surface area contributed by atoms with Crippen molar-refractivity contribution in [3.05, 3.63) is 83.4 Å². The minimum Gasteiger partial charge on any atom is -0.480 e. The van der Waals surface area contributed by atoms with Crippen LogP contribution in [0.3, 0.4) is 0 Å². The fourth-order valence-electron chi connectivity index (χ4n) is 4.78. The van der Waals surface area contributed by atoms with E-state index in [2.05, 4.69) is 10.6 Å². The van der Waals surface area contributed by atoms with Gasteiger partial charge in [0.1, 0.15) is 6.04 Å². The van der Waals surface area contributed by atoms with E-state index in [0.29, 0.717) is 30.5 Å². The van der Waals surface area contributed by atoms with Crippen molar-refractivity contribution in [3.8, 4) is 0 Å². The quantitative estimate of drug-likeness (QED) is 0.317. The maximum Gasteiger partial charge on any atom is 0.320 e. The van der Waals surface area contributed by atoms with E-state index in [-0.39, 0.29) is 24.8 Å². The first kappa shape index (κ1) is 27.0. The Kier molecular flexibility index (Phi) is 8.53. The fraction of sp³-hybridized carbons (Fsp3) is 0.333. The van der Waals surface area contributed by atoms with Gasteiger partial charge in [0.2, 0.25) is 5.91 Å². The minimum absolute atomic E-state index is 0.0216. The molecule has 1 aliphatic heterocycles. The van der Waals surface area contributed by atoms with Crippen molar-refractivity contribution in [2.75, 3.05) is 13.1 Å². The predicted molar refractivity (Wildman–Crippen MR) is 145 cm³/mol.